The maximum Gasteiger partial charge on any atom is 0.243 e. The van der Waals surface area contributed by atoms with Gasteiger partial charge in [-0.25, -0.2) is 0 Å². The molecule has 0 radical (unpaired) electrons. The first-order valence-corrected chi connectivity index (χ1v) is 12.4. The molecule has 2 rings (SSSR count). The highest BCUT2D eigenvalue weighted by molar-refractivity contribution is 7.99. The number of nitrogens with one attached hydrogen (secondary N) is 1. The number of rotatable bonds is 11. The van der Waals surface area contributed by atoms with E-state index in [1.165, 1.54) is 0 Å². The standard InChI is InChI=1S/C24H30Cl2N2O2S/c1-4-17(3)27-24(30)22(5-2)28(14-19-11-12-20(25)21(26)13-19)23(29)16-31-15-18-9-7-6-8-10-18/h6-13,17,22H,4-5,14-16H2,1-3H3,(H,27,30). The van der Waals surface area contributed by atoms with Gasteiger partial charge in [0, 0.05) is 18.3 Å². The van der Waals surface area contributed by atoms with E-state index in [9.17, 15) is 9.59 Å². The molecule has 0 aliphatic carbocycles. The average molecular weight is 481 g/mol. The highest BCUT2D eigenvalue weighted by Gasteiger charge is 2.29. The van der Waals surface area contributed by atoms with Crippen LogP contribution in [0.2, 0.25) is 10.0 Å². The van der Waals surface area contributed by atoms with E-state index in [4.69, 9.17) is 23.2 Å². The van der Waals surface area contributed by atoms with Crippen LogP contribution < -0.4 is 5.32 Å². The van der Waals surface area contributed by atoms with E-state index in [0.29, 0.717) is 28.8 Å². The number of thioether (sulfide) groups is 1. The Hall–Kier alpha value is -1.69. The van der Waals surface area contributed by atoms with Crippen molar-refractivity contribution in [3.05, 3.63) is 69.7 Å². The van der Waals surface area contributed by atoms with Crippen molar-refractivity contribution in [2.75, 3.05) is 5.75 Å². The molecule has 0 aromatic heterocycles. The van der Waals surface area contributed by atoms with Gasteiger partial charge in [0.25, 0.3) is 0 Å². The van der Waals surface area contributed by atoms with Gasteiger partial charge in [0.05, 0.1) is 15.8 Å². The smallest absolute Gasteiger partial charge is 0.243 e. The zero-order valence-corrected chi connectivity index (χ0v) is 20.6. The van der Waals surface area contributed by atoms with Crippen molar-refractivity contribution in [2.45, 2.75) is 58.0 Å². The van der Waals surface area contributed by atoms with Crippen molar-refractivity contribution < 1.29 is 9.59 Å². The number of halogens is 2. The van der Waals surface area contributed by atoms with Gasteiger partial charge in [-0.2, -0.15) is 0 Å². The summed E-state index contributed by atoms with van der Waals surface area (Å²) in [6, 6.07) is 14.8. The Bertz CT molecular complexity index is 864. The summed E-state index contributed by atoms with van der Waals surface area (Å²) >= 11 is 13.8. The summed E-state index contributed by atoms with van der Waals surface area (Å²) in [5.41, 5.74) is 2.00. The number of hydrogen-bond donors (Lipinski definition) is 1. The molecule has 168 valence electrons. The molecule has 2 atom stereocenters. The van der Waals surface area contributed by atoms with Crippen molar-refractivity contribution in [3.8, 4) is 0 Å². The second-order valence-electron chi connectivity index (χ2n) is 7.49. The van der Waals surface area contributed by atoms with Crippen LogP contribution in [-0.4, -0.2) is 34.6 Å². The molecule has 31 heavy (non-hydrogen) atoms. The molecule has 0 saturated heterocycles. The van der Waals surface area contributed by atoms with Gasteiger partial charge in [-0.15, -0.1) is 11.8 Å². The fraction of sp³-hybridized carbons (Fsp3) is 0.417. The predicted octanol–water partition coefficient (Wildman–Crippen LogP) is 5.95. The van der Waals surface area contributed by atoms with Gasteiger partial charge in [-0.05, 0) is 43.0 Å². The van der Waals surface area contributed by atoms with Crippen LogP contribution in [0.3, 0.4) is 0 Å². The first-order chi connectivity index (χ1) is 14.8. The molecular weight excluding hydrogens is 451 g/mol. The molecule has 0 bridgehead atoms. The van der Waals surface area contributed by atoms with E-state index in [2.05, 4.69) is 5.32 Å². The van der Waals surface area contributed by atoms with E-state index in [-0.39, 0.29) is 17.9 Å². The lowest BCUT2D eigenvalue weighted by Gasteiger charge is -2.31. The summed E-state index contributed by atoms with van der Waals surface area (Å²) in [5, 5.41) is 3.91. The summed E-state index contributed by atoms with van der Waals surface area (Å²) in [4.78, 5) is 27.8. The summed E-state index contributed by atoms with van der Waals surface area (Å²) in [6.07, 6.45) is 1.36. The highest BCUT2D eigenvalue weighted by Crippen LogP contribution is 2.24. The largest absolute Gasteiger partial charge is 0.352 e. The Morgan fingerprint density at radius 2 is 1.71 bits per heavy atom. The van der Waals surface area contributed by atoms with Crippen LogP contribution in [0.1, 0.15) is 44.7 Å². The highest BCUT2D eigenvalue weighted by atomic mass is 35.5. The lowest BCUT2D eigenvalue weighted by Crippen LogP contribution is -2.51. The molecular formula is C24H30Cl2N2O2S. The SMILES string of the molecule is CCC(C)NC(=O)C(CC)N(Cc1ccc(Cl)c(Cl)c1)C(=O)CSCc1ccccc1. The van der Waals surface area contributed by atoms with Crippen LogP contribution in [0.15, 0.2) is 48.5 Å². The van der Waals surface area contributed by atoms with Gasteiger partial charge < -0.3 is 10.2 Å². The molecule has 1 N–H and O–H groups in total. The van der Waals surface area contributed by atoms with Crippen LogP contribution in [0.5, 0.6) is 0 Å². The van der Waals surface area contributed by atoms with Crippen LogP contribution in [0, 0.1) is 0 Å². The first-order valence-electron chi connectivity index (χ1n) is 10.5. The van der Waals surface area contributed by atoms with E-state index >= 15 is 0 Å². The third kappa shape index (κ3) is 8.06. The van der Waals surface area contributed by atoms with Crippen molar-refractivity contribution in [2.24, 2.45) is 0 Å². The lowest BCUT2D eigenvalue weighted by molar-refractivity contribution is -0.139. The third-order valence-corrected chi connectivity index (χ3v) is 6.79. The molecule has 7 heteroatoms. The lowest BCUT2D eigenvalue weighted by atomic mass is 10.1. The normalized spacial score (nSPS) is 12.8. The molecule has 2 aromatic carbocycles. The molecule has 0 saturated carbocycles. The van der Waals surface area contributed by atoms with Crippen molar-refractivity contribution in [1.29, 1.82) is 0 Å². The van der Waals surface area contributed by atoms with Gasteiger partial charge in [-0.3, -0.25) is 9.59 Å². The minimum atomic E-state index is -0.548. The molecule has 2 aromatic rings. The maximum atomic E-state index is 13.2. The fourth-order valence-corrected chi connectivity index (χ4v) is 4.30. The molecule has 0 aliphatic heterocycles. The number of amides is 2. The molecule has 0 fully saturated rings. The Labute approximate surface area is 199 Å². The van der Waals surface area contributed by atoms with E-state index in [0.717, 1.165) is 23.3 Å². The Kier molecular flexibility index (Phi) is 10.7. The zero-order chi connectivity index (χ0) is 22.8. The van der Waals surface area contributed by atoms with Crippen molar-refractivity contribution in [3.63, 3.8) is 0 Å². The predicted molar refractivity (Wildman–Crippen MR) is 132 cm³/mol. The summed E-state index contributed by atoms with van der Waals surface area (Å²) < 4.78 is 0. The quantitative estimate of drug-likeness (QED) is 0.432. The number of carbonyl (C=O) groups excluding carboxylic acids is 2. The minimum absolute atomic E-state index is 0.0518. The second kappa shape index (κ2) is 13.0. The molecule has 0 spiro atoms. The number of hydrogen-bond acceptors (Lipinski definition) is 3. The van der Waals surface area contributed by atoms with Crippen molar-refractivity contribution >= 4 is 46.8 Å². The fourth-order valence-electron chi connectivity index (χ4n) is 3.11. The Morgan fingerprint density at radius 3 is 2.32 bits per heavy atom. The number of nitrogens with zero attached hydrogens (tertiary/aromatic N) is 1. The van der Waals surface area contributed by atoms with Crippen LogP contribution >= 0.6 is 35.0 Å². The molecule has 2 amide bonds. The second-order valence-corrected chi connectivity index (χ2v) is 9.29. The average Bonchev–Trinajstić information content (AvgIpc) is 2.76. The van der Waals surface area contributed by atoms with Crippen LogP contribution in [-0.2, 0) is 21.9 Å². The third-order valence-electron chi connectivity index (χ3n) is 5.06. The minimum Gasteiger partial charge on any atom is -0.352 e. The van der Waals surface area contributed by atoms with Crippen LogP contribution in [0.4, 0.5) is 0 Å². The van der Waals surface area contributed by atoms with E-state index < -0.39 is 6.04 Å². The van der Waals surface area contributed by atoms with Gasteiger partial charge in [0.15, 0.2) is 0 Å². The van der Waals surface area contributed by atoms with Crippen molar-refractivity contribution in [1.82, 2.24) is 10.2 Å². The van der Waals surface area contributed by atoms with E-state index in [1.807, 2.05) is 57.2 Å². The Balaban J connectivity index is 2.17. The number of benzene rings is 2. The molecule has 0 heterocycles. The van der Waals surface area contributed by atoms with Gasteiger partial charge in [0.2, 0.25) is 11.8 Å². The Morgan fingerprint density at radius 1 is 1.00 bits per heavy atom. The first kappa shape index (κ1) is 25.6. The monoisotopic (exact) mass is 480 g/mol. The maximum absolute atomic E-state index is 13.2. The number of carbonyl (C=O) groups is 2. The molecule has 2 unspecified atom stereocenters. The zero-order valence-electron chi connectivity index (χ0n) is 18.2. The van der Waals surface area contributed by atoms with Gasteiger partial charge in [0.1, 0.15) is 6.04 Å². The molecule has 0 aliphatic rings. The summed E-state index contributed by atoms with van der Waals surface area (Å²) in [7, 11) is 0. The topological polar surface area (TPSA) is 49.4 Å². The van der Waals surface area contributed by atoms with E-state index in [1.54, 1.807) is 28.8 Å². The summed E-state index contributed by atoms with van der Waals surface area (Å²) in [5.74, 6) is 0.836. The summed E-state index contributed by atoms with van der Waals surface area (Å²) in [6.45, 7) is 6.21. The van der Waals surface area contributed by atoms with Crippen LogP contribution in [0.25, 0.3) is 0 Å². The van der Waals surface area contributed by atoms with Gasteiger partial charge in [-0.1, -0.05) is 73.4 Å². The molecule has 4 nitrogen and oxygen atoms in total. The van der Waals surface area contributed by atoms with Gasteiger partial charge >= 0.3 is 0 Å².